The molecule has 0 aliphatic heterocycles. The number of alkyl halides is 3. The van der Waals surface area contributed by atoms with Gasteiger partial charge in [0, 0.05) is 18.3 Å². The van der Waals surface area contributed by atoms with Crippen LogP contribution in [0.2, 0.25) is 0 Å². The smallest absolute Gasteiger partial charge is 0.343 e. The molecule has 10 heteroatoms. The summed E-state index contributed by atoms with van der Waals surface area (Å²) in [5.74, 6) is -1.73. The molecular formula is C22H18F3N3O3S. The van der Waals surface area contributed by atoms with Gasteiger partial charge in [-0.2, -0.15) is 13.2 Å². The van der Waals surface area contributed by atoms with Gasteiger partial charge in [-0.1, -0.05) is 24.3 Å². The Balaban J connectivity index is 1.77. The molecule has 0 radical (unpaired) electrons. The number of nitrogens with zero attached hydrogens (tertiary/aromatic N) is 1. The number of hydrogen-bond acceptors (Lipinski definition) is 4. The summed E-state index contributed by atoms with van der Waals surface area (Å²) in [6, 6.07) is 15.5. The molecule has 32 heavy (non-hydrogen) atoms. The Kier molecular flexibility index (Phi) is 6.94. The highest BCUT2D eigenvalue weighted by Crippen LogP contribution is 2.24. The van der Waals surface area contributed by atoms with Gasteiger partial charge in [0.25, 0.3) is 17.7 Å². The molecule has 0 aliphatic rings. The summed E-state index contributed by atoms with van der Waals surface area (Å²) in [6.07, 6.45) is -4.53. The minimum Gasteiger partial charge on any atom is -0.343 e. The van der Waals surface area contributed by atoms with Crippen molar-refractivity contribution in [3.63, 3.8) is 0 Å². The minimum atomic E-state index is -4.53. The summed E-state index contributed by atoms with van der Waals surface area (Å²) >= 11 is 1.28. The maximum absolute atomic E-state index is 12.9. The number of rotatable bonds is 6. The third-order valence-corrected chi connectivity index (χ3v) is 5.24. The largest absolute Gasteiger partial charge is 0.405 e. The van der Waals surface area contributed by atoms with Crippen LogP contribution >= 0.6 is 11.3 Å². The number of hydrogen-bond donors (Lipinski definition) is 2. The van der Waals surface area contributed by atoms with Crippen molar-refractivity contribution >= 4 is 40.4 Å². The maximum atomic E-state index is 12.9. The summed E-state index contributed by atoms with van der Waals surface area (Å²) in [5, 5.41) is 6.17. The molecule has 0 aliphatic carbocycles. The Bertz CT molecular complexity index is 1130. The normalized spacial score (nSPS) is 11.0. The summed E-state index contributed by atoms with van der Waals surface area (Å²) in [7, 11) is 1.56. The molecule has 3 aromatic rings. The number of para-hydroxylation sites is 1. The van der Waals surface area contributed by atoms with Crippen LogP contribution in [0, 0.1) is 0 Å². The zero-order valence-corrected chi connectivity index (χ0v) is 17.6. The van der Waals surface area contributed by atoms with E-state index in [-0.39, 0.29) is 22.7 Å². The van der Waals surface area contributed by atoms with Gasteiger partial charge in [-0.25, -0.2) is 0 Å². The van der Waals surface area contributed by atoms with Crippen LogP contribution in [0.15, 0.2) is 66.0 Å². The fraction of sp³-hybridized carbons (Fsp3) is 0.136. The Labute approximate surface area is 185 Å². The SMILES string of the molecule is CN(C(=O)c1cccs1)c1ccccc1C(=O)Nc1cccc(C(=O)NCC(F)(F)F)c1. The molecule has 3 amide bonds. The average Bonchev–Trinajstić information content (AvgIpc) is 3.31. The number of nitrogens with one attached hydrogen (secondary N) is 2. The molecule has 0 unspecified atom stereocenters. The lowest BCUT2D eigenvalue weighted by atomic mass is 10.1. The van der Waals surface area contributed by atoms with Crippen molar-refractivity contribution in [1.82, 2.24) is 5.32 Å². The first kappa shape index (κ1) is 23.0. The van der Waals surface area contributed by atoms with Crippen LogP contribution in [0.3, 0.4) is 0 Å². The molecule has 2 N–H and O–H groups in total. The Hall–Kier alpha value is -3.66. The van der Waals surface area contributed by atoms with Gasteiger partial charge in [-0.3, -0.25) is 14.4 Å². The number of benzene rings is 2. The van der Waals surface area contributed by atoms with Crippen LogP contribution in [0.5, 0.6) is 0 Å². The molecule has 3 rings (SSSR count). The highest BCUT2D eigenvalue weighted by molar-refractivity contribution is 7.12. The van der Waals surface area contributed by atoms with Gasteiger partial charge in [0.1, 0.15) is 6.54 Å². The number of carbonyl (C=O) groups excluding carboxylic acids is 3. The Morgan fingerprint density at radius 2 is 1.72 bits per heavy atom. The molecule has 0 bridgehead atoms. The maximum Gasteiger partial charge on any atom is 0.405 e. The summed E-state index contributed by atoms with van der Waals surface area (Å²) < 4.78 is 37.0. The minimum absolute atomic E-state index is 0.0367. The van der Waals surface area contributed by atoms with Crippen LogP contribution in [0.1, 0.15) is 30.4 Å². The number of halogens is 3. The van der Waals surface area contributed by atoms with Gasteiger partial charge in [0.15, 0.2) is 0 Å². The Morgan fingerprint density at radius 1 is 0.969 bits per heavy atom. The number of thiophene rings is 1. The zero-order chi connectivity index (χ0) is 23.3. The molecule has 0 atom stereocenters. The second-order valence-electron chi connectivity index (χ2n) is 6.69. The molecule has 0 saturated heterocycles. The van der Waals surface area contributed by atoms with E-state index in [2.05, 4.69) is 5.32 Å². The lowest BCUT2D eigenvalue weighted by Crippen LogP contribution is -2.33. The highest BCUT2D eigenvalue weighted by Gasteiger charge is 2.28. The predicted octanol–water partition coefficient (Wildman–Crippen LogP) is 4.57. The van der Waals surface area contributed by atoms with Crippen molar-refractivity contribution in [2.75, 3.05) is 23.8 Å². The molecule has 0 fully saturated rings. The van der Waals surface area contributed by atoms with Crippen LogP contribution in [-0.4, -0.2) is 37.5 Å². The van der Waals surface area contributed by atoms with Gasteiger partial charge in [0.2, 0.25) is 0 Å². The van der Waals surface area contributed by atoms with Crippen molar-refractivity contribution in [2.45, 2.75) is 6.18 Å². The number of amides is 3. The monoisotopic (exact) mass is 461 g/mol. The van der Waals surface area contributed by atoms with E-state index in [1.54, 1.807) is 54.1 Å². The summed E-state index contributed by atoms with van der Waals surface area (Å²) in [5.41, 5.74) is 0.774. The molecule has 6 nitrogen and oxygen atoms in total. The fourth-order valence-corrected chi connectivity index (χ4v) is 3.55. The standard InChI is InChI=1S/C22H18F3N3O3S/c1-28(21(31)18-10-5-11-32-18)17-9-3-2-8-16(17)20(30)27-15-7-4-6-14(12-15)19(29)26-13-22(23,24)25/h2-12H,13H2,1H3,(H,26,29)(H,27,30). The molecule has 166 valence electrons. The van der Waals surface area contributed by atoms with Crippen molar-refractivity contribution in [3.05, 3.63) is 82.0 Å². The van der Waals surface area contributed by atoms with Crippen molar-refractivity contribution in [2.24, 2.45) is 0 Å². The average molecular weight is 461 g/mol. The van der Waals surface area contributed by atoms with Gasteiger partial charge >= 0.3 is 6.18 Å². The summed E-state index contributed by atoms with van der Waals surface area (Å²) in [4.78, 5) is 39.4. The van der Waals surface area contributed by atoms with Gasteiger partial charge in [-0.05, 0) is 41.8 Å². The van der Waals surface area contributed by atoms with E-state index in [0.717, 1.165) is 0 Å². The van der Waals surface area contributed by atoms with E-state index in [1.807, 2.05) is 0 Å². The first-order chi connectivity index (χ1) is 15.2. The van der Waals surface area contributed by atoms with E-state index in [4.69, 9.17) is 0 Å². The molecular weight excluding hydrogens is 443 g/mol. The van der Waals surface area contributed by atoms with Crippen molar-refractivity contribution in [3.8, 4) is 0 Å². The molecule has 1 aromatic heterocycles. The fourth-order valence-electron chi connectivity index (χ4n) is 2.85. The van der Waals surface area contributed by atoms with Gasteiger partial charge in [-0.15, -0.1) is 11.3 Å². The van der Waals surface area contributed by atoms with Gasteiger partial charge < -0.3 is 15.5 Å². The quantitative estimate of drug-likeness (QED) is 0.565. The first-order valence-corrected chi connectivity index (χ1v) is 10.2. The van der Waals surface area contributed by atoms with Crippen LogP contribution in [0.25, 0.3) is 0 Å². The van der Waals surface area contributed by atoms with E-state index in [9.17, 15) is 27.6 Å². The van der Waals surface area contributed by atoms with E-state index in [1.165, 1.54) is 40.5 Å². The van der Waals surface area contributed by atoms with Crippen LogP contribution in [-0.2, 0) is 0 Å². The second-order valence-corrected chi connectivity index (χ2v) is 7.64. The third-order valence-electron chi connectivity index (χ3n) is 4.38. The zero-order valence-electron chi connectivity index (χ0n) is 16.8. The second kappa shape index (κ2) is 9.65. The lowest BCUT2D eigenvalue weighted by Gasteiger charge is -2.20. The number of carbonyl (C=O) groups is 3. The van der Waals surface area contributed by atoms with Crippen molar-refractivity contribution in [1.29, 1.82) is 0 Å². The molecule has 2 aromatic carbocycles. The lowest BCUT2D eigenvalue weighted by molar-refractivity contribution is -0.123. The highest BCUT2D eigenvalue weighted by atomic mass is 32.1. The van der Waals surface area contributed by atoms with E-state index >= 15 is 0 Å². The van der Waals surface area contributed by atoms with Crippen LogP contribution in [0.4, 0.5) is 24.5 Å². The third kappa shape index (κ3) is 5.73. The van der Waals surface area contributed by atoms with Crippen LogP contribution < -0.4 is 15.5 Å². The number of anilines is 2. The predicted molar refractivity (Wildman–Crippen MR) is 116 cm³/mol. The van der Waals surface area contributed by atoms with Gasteiger partial charge in [0.05, 0.1) is 16.1 Å². The molecule has 1 heterocycles. The molecule has 0 saturated carbocycles. The summed E-state index contributed by atoms with van der Waals surface area (Å²) in [6.45, 7) is -1.46. The topological polar surface area (TPSA) is 78.5 Å². The van der Waals surface area contributed by atoms with E-state index in [0.29, 0.717) is 10.6 Å². The van der Waals surface area contributed by atoms with E-state index < -0.39 is 24.5 Å². The molecule has 0 spiro atoms. The first-order valence-electron chi connectivity index (χ1n) is 9.32. The Morgan fingerprint density at radius 3 is 2.41 bits per heavy atom. The van der Waals surface area contributed by atoms with Crippen molar-refractivity contribution < 1.29 is 27.6 Å².